The van der Waals surface area contributed by atoms with Gasteiger partial charge in [0.05, 0.1) is 0 Å². The van der Waals surface area contributed by atoms with E-state index in [1.54, 1.807) is 24.4 Å². The number of hydrogen-bond donors (Lipinski definition) is 0. The van der Waals surface area contributed by atoms with Crippen molar-refractivity contribution in [2.75, 3.05) is 0 Å². The molecule has 3 nitrogen and oxygen atoms in total. The molecule has 0 unspecified atom stereocenters. The third-order valence-electron chi connectivity index (χ3n) is 1.23. The Morgan fingerprint density at radius 3 is 2.62 bits per heavy atom. The normalized spacial score (nSPS) is 11.2. The molecule has 0 aliphatic rings. The van der Waals surface area contributed by atoms with E-state index in [2.05, 4.69) is 9.97 Å². The van der Waals surface area contributed by atoms with Gasteiger partial charge in [0.2, 0.25) is 0 Å². The monoisotopic (exact) mass is 194 g/mol. The minimum absolute atomic E-state index is 0.346. The summed E-state index contributed by atoms with van der Waals surface area (Å²) in [4.78, 5) is 17.7. The van der Waals surface area contributed by atoms with Crippen molar-refractivity contribution in [1.29, 1.82) is 0 Å². The number of aldehydes is 1. The zero-order chi connectivity index (χ0) is 9.52. The van der Waals surface area contributed by atoms with Gasteiger partial charge in [0.25, 0.3) is 0 Å². The molecule has 1 aromatic heterocycles. The molecule has 1 heterocycles. The average molecular weight is 195 g/mol. The van der Waals surface area contributed by atoms with Crippen LogP contribution in [-0.2, 0) is 4.79 Å². The number of aromatic nitrogens is 2. The summed E-state index contributed by atoms with van der Waals surface area (Å²) in [6.45, 7) is 0. The van der Waals surface area contributed by atoms with E-state index in [0.29, 0.717) is 17.1 Å². The predicted octanol–water partition coefficient (Wildman–Crippen LogP) is 1.90. The number of rotatable bonds is 3. The van der Waals surface area contributed by atoms with Gasteiger partial charge in [0.15, 0.2) is 5.15 Å². The van der Waals surface area contributed by atoms with Crippen LogP contribution in [0.4, 0.5) is 0 Å². The summed E-state index contributed by atoms with van der Waals surface area (Å²) in [6, 6.07) is 0. The van der Waals surface area contributed by atoms with Crippen molar-refractivity contribution in [3.63, 3.8) is 0 Å². The summed E-state index contributed by atoms with van der Waals surface area (Å²) in [7, 11) is 0. The van der Waals surface area contributed by atoms with Crippen LogP contribution in [0.25, 0.3) is 6.08 Å². The SMILES string of the molecule is O=C/C=C/C=C/c1nccnc1Cl. The first-order valence-corrected chi connectivity index (χ1v) is 3.97. The van der Waals surface area contributed by atoms with Crippen LogP contribution in [0.15, 0.2) is 30.6 Å². The number of allylic oxidation sites excluding steroid dienone is 3. The Labute approximate surface area is 80.8 Å². The molecule has 0 aliphatic heterocycles. The van der Waals surface area contributed by atoms with Crippen LogP contribution in [-0.4, -0.2) is 16.3 Å². The van der Waals surface area contributed by atoms with Crippen molar-refractivity contribution in [2.24, 2.45) is 0 Å². The van der Waals surface area contributed by atoms with Gasteiger partial charge in [-0.05, 0) is 12.2 Å². The van der Waals surface area contributed by atoms with E-state index in [4.69, 9.17) is 11.6 Å². The van der Waals surface area contributed by atoms with E-state index in [9.17, 15) is 4.79 Å². The van der Waals surface area contributed by atoms with Gasteiger partial charge in [0.1, 0.15) is 12.0 Å². The maximum atomic E-state index is 9.91. The Balaban J connectivity index is 2.74. The van der Waals surface area contributed by atoms with Crippen LogP contribution >= 0.6 is 11.6 Å². The molecule has 0 aromatic carbocycles. The Kier molecular flexibility index (Phi) is 3.85. The highest BCUT2D eigenvalue weighted by Gasteiger charge is 1.94. The smallest absolute Gasteiger partial charge is 0.154 e. The maximum absolute atomic E-state index is 9.91. The molecule has 0 bridgehead atoms. The zero-order valence-electron chi connectivity index (χ0n) is 6.72. The van der Waals surface area contributed by atoms with E-state index in [1.807, 2.05) is 0 Å². The van der Waals surface area contributed by atoms with Gasteiger partial charge in [-0.2, -0.15) is 0 Å². The molecule has 13 heavy (non-hydrogen) atoms. The molecular formula is C9H7ClN2O. The lowest BCUT2D eigenvalue weighted by molar-refractivity contribution is -0.104. The second-order valence-corrected chi connectivity index (χ2v) is 2.47. The van der Waals surface area contributed by atoms with Crippen molar-refractivity contribution in [1.82, 2.24) is 9.97 Å². The fourth-order valence-corrected chi connectivity index (χ4v) is 0.868. The minimum atomic E-state index is 0.346. The van der Waals surface area contributed by atoms with Crippen LogP contribution in [0, 0.1) is 0 Å². The fraction of sp³-hybridized carbons (Fsp3) is 0. The van der Waals surface area contributed by atoms with Gasteiger partial charge >= 0.3 is 0 Å². The first-order chi connectivity index (χ1) is 6.34. The van der Waals surface area contributed by atoms with Gasteiger partial charge in [-0.1, -0.05) is 23.8 Å². The predicted molar refractivity (Wildman–Crippen MR) is 51.3 cm³/mol. The van der Waals surface area contributed by atoms with Gasteiger partial charge in [-0.3, -0.25) is 9.78 Å². The first kappa shape index (κ1) is 9.61. The summed E-state index contributed by atoms with van der Waals surface area (Å²) in [5, 5.41) is 0.346. The van der Waals surface area contributed by atoms with Crippen LogP contribution in [0.5, 0.6) is 0 Å². The number of halogens is 1. The molecule has 4 heteroatoms. The Morgan fingerprint density at radius 2 is 1.92 bits per heavy atom. The molecule has 0 N–H and O–H groups in total. The summed E-state index contributed by atoms with van der Waals surface area (Å²) >= 11 is 5.72. The Bertz CT molecular complexity index is 347. The average Bonchev–Trinajstić information content (AvgIpc) is 2.15. The second kappa shape index (κ2) is 5.22. The highest BCUT2D eigenvalue weighted by atomic mass is 35.5. The molecule has 66 valence electrons. The van der Waals surface area contributed by atoms with Crippen molar-refractivity contribution < 1.29 is 4.79 Å². The lowest BCUT2D eigenvalue weighted by Gasteiger charge is -1.92. The lowest BCUT2D eigenvalue weighted by Crippen LogP contribution is -1.83. The molecule has 1 aromatic rings. The van der Waals surface area contributed by atoms with E-state index in [0.717, 1.165) is 0 Å². The fourth-order valence-electron chi connectivity index (χ4n) is 0.700. The Hall–Kier alpha value is -1.48. The topological polar surface area (TPSA) is 42.9 Å². The second-order valence-electron chi connectivity index (χ2n) is 2.11. The molecule has 0 saturated carbocycles. The van der Waals surface area contributed by atoms with E-state index < -0.39 is 0 Å². The summed E-state index contributed by atoms with van der Waals surface area (Å²) < 4.78 is 0. The molecule has 0 fully saturated rings. The summed E-state index contributed by atoms with van der Waals surface area (Å²) in [5.41, 5.74) is 0.583. The highest BCUT2D eigenvalue weighted by Crippen LogP contribution is 2.09. The number of carbonyl (C=O) groups excluding carboxylic acids is 1. The number of carbonyl (C=O) groups is 1. The first-order valence-electron chi connectivity index (χ1n) is 3.59. The standard InChI is InChI=1S/C9H7ClN2O/c10-9-8(11-5-6-12-9)4-2-1-3-7-13/h1-7H/b3-1+,4-2+. The van der Waals surface area contributed by atoms with Crippen LogP contribution in [0.2, 0.25) is 5.15 Å². The van der Waals surface area contributed by atoms with Crippen LogP contribution < -0.4 is 0 Å². The van der Waals surface area contributed by atoms with Gasteiger partial charge in [-0.25, -0.2) is 4.98 Å². The molecule has 0 atom stereocenters. The Morgan fingerprint density at radius 1 is 1.15 bits per heavy atom. The quantitative estimate of drug-likeness (QED) is 0.419. The van der Waals surface area contributed by atoms with Gasteiger partial charge < -0.3 is 0 Å². The third-order valence-corrected chi connectivity index (χ3v) is 1.53. The van der Waals surface area contributed by atoms with Gasteiger partial charge in [0, 0.05) is 12.4 Å². The van der Waals surface area contributed by atoms with Crippen molar-refractivity contribution in [3.8, 4) is 0 Å². The van der Waals surface area contributed by atoms with Crippen LogP contribution in [0.1, 0.15) is 5.69 Å². The maximum Gasteiger partial charge on any atom is 0.154 e. The minimum Gasteiger partial charge on any atom is -0.299 e. The van der Waals surface area contributed by atoms with Crippen molar-refractivity contribution >= 4 is 24.0 Å². The molecular weight excluding hydrogens is 188 g/mol. The molecule has 0 radical (unpaired) electrons. The zero-order valence-corrected chi connectivity index (χ0v) is 7.48. The van der Waals surface area contributed by atoms with E-state index in [1.165, 1.54) is 12.3 Å². The number of hydrogen-bond acceptors (Lipinski definition) is 3. The molecule has 0 saturated heterocycles. The van der Waals surface area contributed by atoms with Crippen molar-refractivity contribution in [2.45, 2.75) is 0 Å². The van der Waals surface area contributed by atoms with Crippen LogP contribution in [0.3, 0.4) is 0 Å². The highest BCUT2D eigenvalue weighted by molar-refractivity contribution is 6.30. The third kappa shape index (κ3) is 3.17. The van der Waals surface area contributed by atoms with Crippen molar-refractivity contribution in [3.05, 3.63) is 41.5 Å². The molecule has 1 rings (SSSR count). The molecule has 0 spiro atoms. The van der Waals surface area contributed by atoms with Gasteiger partial charge in [-0.15, -0.1) is 0 Å². The summed E-state index contributed by atoms with van der Waals surface area (Å²) in [5.74, 6) is 0. The lowest BCUT2D eigenvalue weighted by atomic mass is 10.3. The molecule has 0 aliphatic carbocycles. The molecule has 0 amide bonds. The van der Waals surface area contributed by atoms with E-state index >= 15 is 0 Å². The van der Waals surface area contributed by atoms with E-state index in [-0.39, 0.29) is 0 Å². The summed E-state index contributed by atoms with van der Waals surface area (Å²) in [6.07, 6.45) is 10.1. The number of nitrogens with zero attached hydrogens (tertiary/aromatic N) is 2. The largest absolute Gasteiger partial charge is 0.299 e.